The molecule has 2 aromatic rings. The highest BCUT2D eigenvalue weighted by Crippen LogP contribution is 2.44. The fraction of sp³-hybridized carbons (Fsp3) is 0.500. The van der Waals surface area contributed by atoms with E-state index in [1.54, 1.807) is 6.20 Å². The van der Waals surface area contributed by atoms with Crippen molar-refractivity contribution in [1.82, 2.24) is 14.8 Å². The summed E-state index contributed by atoms with van der Waals surface area (Å²) in [6.45, 7) is 4.11. The van der Waals surface area contributed by atoms with Crippen LogP contribution in [0.2, 0.25) is 0 Å². The normalized spacial score (nSPS) is 22.3. The van der Waals surface area contributed by atoms with E-state index in [4.69, 9.17) is 0 Å². The average molecular weight is 378 g/mol. The number of benzene rings is 1. The number of carbonyl (C=O) groups excluding carboxylic acids is 1. The van der Waals surface area contributed by atoms with Crippen molar-refractivity contribution in [3.8, 4) is 0 Å². The average Bonchev–Trinajstić information content (AvgIpc) is 2.73. The minimum atomic E-state index is 0.294. The minimum Gasteiger partial charge on any atom is -0.343 e. The first-order valence-electron chi connectivity index (χ1n) is 10.5. The molecule has 0 N–H and O–H groups in total. The Balaban J connectivity index is 1.34. The van der Waals surface area contributed by atoms with Gasteiger partial charge in [-0.15, -0.1) is 0 Å². The van der Waals surface area contributed by atoms with Crippen molar-refractivity contribution in [2.75, 3.05) is 33.2 Å². The maximum absolute atomic E-state index is 12.7. The van der Waals surface area contributed by atoms with Crippen molar-refractivity contribution < 1.29 is 4.79 Å². The lowest BCUT2D eigenvalue weighted by molar-refractivity contribution is -0.134. The summed E-state index contributed by atoms with van der Waals surface area (Å²) in [7, 11) is 2.25. The monoisotopic (exact) mass is 377 g/mol. The smallest absolute Gasteiger partial charge is 0.222 e. The van der Waals surface area contributed by atoms with Gasteiger partial charge in [0.1, 0.15) is 0 Å². The van der Waals surface area contributed by atoms with Crippen LogP contribution in [0.5, 0.6) is 0 Å². The Morgan fingerprint density at radius 1 is 1.14 bits per heavy atom. The third-order valence-corrected chi connectivity index (χ3v) is 6.61. The number of likely N-dealkylation sites (N-methyl/N-ethyl adjacent to an activating group) is 1. The van der Waals surface area contributed by atoms with Crippen LogP contribution in [0, 0.1) is 5.41 Å². The minimum absolute atomic E-state index is 0.294. The Kier molecular flexibility index (Phi) is 5.77. The zero-order valence-corrected chi connectivity index (χ0v) is 16.9. The fourth-order valence-corrected chi connectivity index (χ4v) is 5.16. The summed E-state index contributed by atoms with van der Waals surface area (Å²) in [6.07, 6.45) is 8.51. The summed E-state index contributed by atoms with van der Waals surface area (Å²) in [4.78, 5) is 21.4. The van der Waals surface area contributed by atoms with Gasteiger partial charge in [-0.1, -0.05) is 36.4 Å². The summed E-state index contributed by atoms with van der Waals surface area (Å²) in [6, 6.07) is 14.9. The van der Waals surface area contributed by atoms with E-state index in [0.29, 0.717) is 23.7 Å². The van der Waals surface area contributed by atoms with Crippen molar-refractivity contribution in [3.63, 3.8) is 0 Å². The van der Waals surface area contributed by atoms with Crippen LogP contribution in [0.1, 0.15) is 42.7 Å². The van der Waals surface area contributed by atoms with E-state index in [-0.39, 0.29) is 0 Å². The molecule has 3 heterocycles. The molecule has 1 amide bonds. The maximum atomic E-state index is 12.7. The molecule has 1 aromatic carbocycles. The highest BCUT2D eigenvalue weighted by atomic mass is 16.2. The Bertz CT molecular complexity index is 769. The predicted molar refractivity (Wildman–Crippen MR) is 112 cm³/mol. The number of pyridine rings is 1. The van der Waals surface area contributed by atoms with Crippen LogP contribution in [-0.2, 0) is 11.2 Å². The second-order valence-corrected chi connectivity index (χ2v) is 8.75. The first kappa shape index (κ1) is 19.1. The van der Waals surface area contributed by atoms with Crippen LogP contribution in [0.3, 0.4) is 0 Å². The lowest BCUT2D eigenvalue weighted by atomic mass is 9.68. The van der Waals surface area contributed by atoms with Gasteiger partial charge in [0.2, 0.25) is 5.91 Å². The predicted octanol–water partition coefficient (Wildman–Crippen LogP) is 3.74. The van der Waals surface area contributed by atoms with Crippen molar-refractivity contribution in [1.29, 1.82) is 0 Å². The van der Waals surface area contributed by atoms with Gasteiger partial charge in [0.05, 0.1) is 0 Å². The van der Waals surface area contributed by atoms with Crippen LogP contribution in [0.4, 0.5) is 0 Å². The van der Waals surface area contributed by atoms with Crippen LogP contribution in [-0.4, -0.2) is 53.9 Å². The summed E-state index contributed by atoms with van der Waals surface area (Å²) in [5.74, 6) is 0.898. The number of rotatable bonds is 4. The molecule has 2 aliphatic heterocycles. The van der Waals surface area contributed by atoms with Gasteiger partial charge in [-0.3, -0.25) is 9.78 Å². The van der Waals surface area contributed by atoms with E-state index in [0.717, 1.165) is 51.0 Å². The number of likely N-dealkylation sites (tertiary alicyclic amines) is 2. The van der Waals surface area contributed by atoms with E-state index < -0.39 is 0 Å². The van der Waals surface area contributed by atoms with Gasteiger partial charge in [0.15, 0.2) is 0 Å². The summed E-state index contributed by atoms with van der Waals surface area (Å²) < 4.78 is 0. The first-order valence-corrected chi connectivity index (χ1v) is 10.5. The lowest BCUT2D eigenvalue weighted by Crippen LogP contribution is -2.51. The van der Waals surface area contributed by atoms with Crippen LogP contribution >= 0.6 is 0 Å². The molecule has 2 saturated heterocycles. The van der Waals surface area contributed by atoms with Crippen molar-refractivity contribution in [3.05, 3.63) is 66.0 Å². The highest BCUT2D eigenvalue weighted by Gasteiger charge is 2.41. The molecule has 0 saturated carbocycles. The molecular weight excluding hydrogens is 346 g/mol. The number of nitrogens with zero attached hydrogens (tertiary/aromatic N) is 3. The Morgan fingerprint density at radius 3 is 2.64 bits per heavy atom. The number of amides is 1. The molecule has 1 atom stereocenters. The zero-order valence-electron chi connectivity index (χ0n) is 16.9. The largest absolute Gasteiger partial charge is 0.343 e. The Morgan fingerprint density at radius 2 is 1.93 bits per heavy atom. The lowest BCUT2D eigenvalue weighted by Gasteiger charge is -2.49. The van der Waals surface area contributed by atoms with E-state index in [1.807, 2.05) is 18.3 Å². The second-order valence-electron chi connectivity index (χ2n) is 8.75. The molecule has 0 radical (unpaired) electrons. The van der Waals surface area contributed by atoms with Gasteiger partial charge in [0, 0.05) is 45.0 Å². The van der Waals surface area contributed by atoms with Crippen molar-refractivity contribution in [2.45, 2.75) is 38.0 Å². The van der Waals surface area contributed by atoms with E-state index in [1.165, 1.54) is 12.0 Å². The Labute approximate surface area is 168 Å². The molecule has 148 valence electrons. The molecule has 1 spiro atoms. The summed E-state index contributed by atoms with van der Waals surface area (Å²) in [5, 5.41) is 0. The number of piperidine rings is 2. The number of aromatic nitrogens is 1. The first-order chi connectivity index (χ1) is 13.6. The van der Waals surface area contributed by atoms with Crippen molar-refractivity contribution in [2.24, 2.45) is 5.41 Å². The molecule has 4 heteroatoms. The van der Waals surface area contributed by atoms with Crippen LogP contribution in [0.15, 0.2) is 54.9 Å². The van der Waals surface area contributed by atoms with E-state index in [9.17, 15) is 4.79 Å². The van der Waals surface area contributed by atoms with Crippen molar-refractivity contribution >= 4 is 5.91 Å². The molecule has 28 heavy (non-hydrogen) atoms. The van der Waals surface area contributed by atoms with E-state index in [2.05, 4.69) is 52.2 Å². The standard InChI is InChI=1S/C24H31N3O/c1-26-18-22(21-7-3-2-4-8-21)16-24(19-26)11-14-27(15-12-24)23(28)10-9-20-6-5-13-25-17-20/h2-8,13,17,22H,9-12,14-16,18-19H2,1H3/t22-/m0/s1. The molecule has 0 bridgehead atoms. The SMILES string of the molecule is CN1C[C@@H](c2ccccc2)CC2(CCN(C(=O)CCc3cccnc3)CC2)C1. The van der Waals surface area contributed by atoms with E-state index >= 15 is 0 Å². The van der Waals surface area contributed by atoms with Gasteiger partial charge < -0.3 is 9.80 Å². The van der Waals surface area contributed by atoms with Gasteiger partial charge in [0.25, 0.3) is 0 Å². The van der Waals surface area contributed by atoms with Gasteiger partial charge >= 0.3 is 0 Å². The van der Waals surface area contributed by atoms with Gasteiger partial charge in [-0.2, -0.15) is 0 Å². The number of carbonyl (C=O) groups is 1. The highest BCUT2D eigenvalue weighted by molar-refractivity contribution is 5.76. The number of aryl methyl sites for hydroxylation is 1. The zero-order chi connectivity index (χ0) is 19.4. The second kappa shape index (κ2) is 8.44. The molecular formula is C24H31N3O. The molecule has 4 nitrogen and oxygen atoms in total. The third-order valence-electron chi connectivity index (χ3n) is 6.61. The molecule has 0 aliphatic carbocycles. The van der Waals surface area contributed by atoms with Crippen LogP contribution in [0.25, 0.3) is 0 Å². The molecule has 0 unspecified atom stereocenters. The number of hydrogen-bond donors (Lipinski definition) is 0. The molecule has 2 fully saturated rings. The fourth-order valence-electron chi connectivity index (χ4n) is 5.16. The van der Waals surface area contributed by atoms with Gasteiger partial charge in [-0.05, 0) is 61.3 Å². The number of hydrogen-bond acceptors (Lipinski definition) is 3. The van der Waals surface area contributed by atoms with Gasteiger partial charge in [-0.25, -0.2) is 0 Å². The topological polar surface area (TPSA) is 36.4 Å². The summed E-state index contributed by atoms with van der Waals surface area (Å²) in [5.41, 5.74) is 2.96. The maximum Gasteiger partial charge on any atom is 0.222 e. The molecule has 1 aromatic heterocycles. The molecule has 4 rings (SSSR count). The van der Waals surface area contributed by atoms with Crippen LogP contribution < -0.4 is 0 Å². The quantitative estimate of drug-likeness (QED) is 0.814. The third kappa shape index (κ3) is 4.44. The Hall–Kier alpha value is -2.20. The molecule has 2 aliphatic rings. The summed E-state index contributed by atoms with van der Waals surface area (Å²) >= 11 is 0.